The van der Waals surface area contributed by atoms with Crippen LogP contribution < -0.4 is 9.47 Å². The zero-order valence-electron chi connectivity index (χ0n) is 20.3. The summed E-state index contributed by atoms with van der Waals surface area (Å²) in [5.41, 5.74) is 2.90. The first kappa shape index (κ1) is 23.6. The molecule has 0 amide bonds. The number of ketones is 1. The number of likely N-dealkylation sites (N-methyl/N-ethyl adjacent to an activating group) is 1. The van der Waals surface area contributed by atoms with E-state index in [9.17, 15) is 9.59 Å². The second kappa shape index (κ2) is 9.35. The number of allylic oxidation sites excluding steroid dienone is 2. The molecule has 34 heavy (non-hydrogen) atoms. The molecular formula is C27H30N2O5. The first-order valence-electron chi connectivity index (χ1n) is 11.2. The number of hydrogen-bond acceptors (Lipinski definition) is 7. The highest BCUT2D eigenvalue weighted by Gasteiger charge is 2.50. The molecule has 1 unspecified atom stereocenters. The van der Waals surface area contributed by atoms with Gasteiger partial charge < -0.3 is 19.1 Å². The van der Waals surface area contributed by atoms with Crippen molar-refractivity contribution in [3.8, 4) is 11.5 Å². The zero-order valence-corrected chi connectivity index (χ0v) is 20.3. The van der Waals surface area contributed by atoms with Crippen molar-refractivity contribution in [1.82, 2.24) is 9.80 Å². The molecule has 0 saturated carbocycles. The fourth-order valence-electron chi connectivity index (χ4n) is 4.81. The molecule has 7 heteroatoms. The summed E-state index contributed by atoms with van der Waals surface area (Å²) < 4.78 is 16.3. The van der Waals surface area contributed by atoms with Gasteiger partial charge >= 0.3 is 5.97 Å². The van der Waals surface area contributed by atoms with E-state index in [0.717, 1.165) is 22.4 Å². The van der Waals surface area contributed by atoms with Gasteiger partial charge in [-0.05, 0) is 50.4 Å². The summed E-state index contributed by atoms with van der Waals surface area (Å²) in [6.45, 7) is 0.297. The van der Waals surface area contributed by atoms with Gasteiger partial charge in [0.15, 0.2) is 5.78 Å². The molecule has 2 aliphatic rings. The van der Waals surface area contributed by atoms with Crippen LogP contribution in [0.1, 0.15) is 23.1 Å². The summed E-state index contributed by atoms with van der Waals surface area (Å²) in [6.07, 6.45) is 4.59. The van der Waals surface area contributed by atoms with Crippen molar-refractivity contribution in [2.75, 3.05) is 35.4 Å². The van der Waals surface area contributed by atoms with Gasteiger partial charge in [-0.25, -0.2) is 4.79 Å². The Morgan fingerprint density at radius 3 is 2.50 bits per heavy atom. The lowest BCUT2D eigenvalue weighted by Gasteiger charge is -2.48. The van der Waals surface area contributed by atoms with E-state index in [2.05, 4.69) is 0 Å². The van der Waals surface area contributed by atoms with Crippen molar-refractivity contribution in [2.45, 2.75) is 25.0 Å². The monoisotopic (exact) mass is 462 g/mol. The predicted molar refractivity (Wildman–Crippen MR) is 129 cm³/mol. The number of fused-ring (bicyclic) bond motifs is 2. The minimum absolute atomic E-state index is 0.0476. The van der Waals surface area contributed by atoms with Gasteiger partial charge in [0.2, 0.25) is 5.66 Å². The third-order valence-corrected chi connectivity index (χ3v) is 6.60. The van der Waals surface area contributed by atoms with E-state index in [4.69, 9.17) is 14.2 Å². The minimum Gasteiger partial charge on any atom is -0.497 e. The number of esters is 1. The van der Waals surface area contributed by atoms with Gasteiger partial charge in [0.05, 0.1) is 27.0 Å². The number of ether oxygens (including phenoxy) is 3. The molecule has 7 nitrogen and oxygen atoms in total. The summed E-state index contributed by atoms with van der Waals surface area (Å²) >= 11 is 0. The molecule has 1 aliphatic carbocycles. The smallest absolute Gasteiger partial charge is 0.351 e. The van der Waals surface area contributed by atoms with E-state index in [-0.39, 0.29) is 5.78 Å². The molecule has 1 atom stereocenters. The number of aryl methyl sites for hydroxylation is 1. The largest absolute Gasteiger partial charge is 0.497 e. The van der Waals surface area contributed by atoms with Crippen molar-refractivity contribution in [2.24, 2.45) is 0 Å². The van der Waals surface area contributed by atoms with Gasteiger partial charge in [0.1, 0.15) is 11.5 Å². The summed E-state index contributed by atoms with van der Waals surface area (Å²) in [6, 6.07) is 13.6. The van der Waals surface area contributed by atoms with E-state index >= 15 is 0 Å². The van der Waals surface area contributed by atoms with Gasteiger partial charge in [-0.15, -0.1) is 0 Å². The lowest BCUT2D eigenvalue weighted by atomic mass is 9.90. The predicted octanol–water partition coefficient (Wildman–Crippen LogP) is 3.43. The van der Waals surface area contributed by atoms with Gasteiger partial charge in [-0.2, -0.15) is 0 Å². The first-order chi connectivity index (χ1) is 16.4. The SMILES string of the molecule is COC(=O)C1(N(C)C)C=CC2=C(c3ccccc3CCC2=O)N1Cc1ccc(OC)cc1OC. The molecule has 0 N–H and O–H groups in total. The number of methoxy groups -OCH3 is 3. The van der Waals surface area contributed by atoms with Crippen LogP contribution in [0.2, 0.25) is 0 Å². The van der Waals surface area contributed by atoms with Crippen LogP contribution in [0.4, 0.5) is 0 Å². The third-order valence-electron chi connectivity index (χ3n) is 6.60. The Bertz CT molecular complexity index is 1180. The molecule has 0 spiro atoms. The Labute approximate surface area is 200 Å². The summed E-state index contributed by atoms with van der Waals surface area (Å²) in [5, 5.41) is 0. The van der Waals surface area contributed by atoms with Crippen LogP contribution in [-0.4, -0.2) is 62.6 Å². The van der Waals surface area contributed by atoms with Crippen molar-refractivity contribution in [3.63, 3.8) is 0 Å². The molecule has 0 fully saturated rings. The molecule has 2 aromatic carbocycles. The van der Waals surface area contributed by atoms with Crippen molar-refractivity contribution in [1.29, 1.82) is 0 Å². The van der Waals surface area contributed by atoms with Gasteiger partial charge in [-0.1, -0.05) is 24.3 Å². The molecule has 2 aromatic rings. The zero-order chi connectivity index (χ0) is 24.5. The molecule has 1 heterocycles. The van der Waals surface area contributed by atoms with E-state index < -0.39 is 11.6 Å². The Hall–Kier alpha value is -3.58. The van der Waals surface area contributed by atoms with Crippen LogP contribution in [-0.2, 0) is 27.3 Å². The fourth-order valence-corrected chi connectivity index (χ4v) is 4.81. The standard InChI is InChI=1S/C27H30N2O5/c1-28(2)27(26(31)34-5)15-14-22-23(30)13-11-18-8-6-7-9-21(18)25(22)29(27)17-19-10-12-20(32-3)16-24(19)33-4/h6-10,12,14-16H,11,13,17H2,1-5H3. The van der Waals surface area contributed by atoms with Crippen LogP contribution in [0.5, 0.6) is 11.5 Å². The highest BCUT2D eigenvalue weighted by molar-refractivity contribution is 6.08. The maximum absolute atomic E-state index is 13.4. The van der Waals surface area contributed by atoms with Crippen molar-refractivity contribution >= 4 is 17.4 Å². The highest BCUT2D eigenvalue weighted by atomic mass is 16.5. The molecular weight excluding hydrogens is 432 g/mol. The molecule has 4 rings (SSSR count). The Balaban J connectivity index is 1.98. The Morgan fingerprint density at radius 2 is 1.82 bits per heavy atom. The van der Waals surface area contributed by atoms with Crippen molar-refractivity contribution in [3.05, 3.63) is 76.9 Å². The Kier molecular flexibility index (Phi) is 6.48. The lowest BCUT2D eigenvalue weighted by Crippen LogP contribution is -2.62. The average molecular weight is 463 g/mol. The summed E-state index contributed by atoms with van der Waals surface area (Å²) in [5.74, 6) is 0.899. The van der Waals surface area contributed by atoms with Crippen LogP contribution in [0.3, 0.4) is 0 Å². The number of Topliss-reactive ketones (excluding diaryl/α,β-unsaturated/α-hetero) is 1. The second-order valence-electron chi connectivity index (χ2n) is 8.55. The van der Waals surface area contributed by atoms with Crippen LogP contribution in [0.15, 0.2) is 60.2 Å². The second-order valence-corrected chi connectivity index (χ2v) is 8.55. The lowest BCUT2D eigenvalue weighted by molar-refractivity contribution is -0.159. The molecule has 0 radical (unpaired) electrons. The molecule has 1 aliphatic heterocycles. The van der Waals surface area contributed by atoms with Crippen LogP contribution in [0, 0.1) is 0 Å². The quantitative estimate of drug-likeness (QED) is 0.609. The van der Waals surface area contributed by atoms with Gasteiger partial charge in [0, 0.05) is 35.7 Å². The fraction of sp³-hybridized carbons (Fsp3) is 0.333. The Morgan fingerprint density at radius 1 is 1.06 bits per heavy atom. The average Bonchev–Trinajstić information content (AvgIpc) is 3.00. The maximum Gasteiger partial charge on any atom is 0.351 e. The normalized spacial score (nSPS) is 19.5. The van der Waals surface area contributed by atoms with E-state index in [1.165, 1.54) is 7.11 Å². The first-order valence-corrected chi connectivity index (χ1v) is 11.2. The summed E-state index contributed by atoms with van der Waals surface area (Å²) in [7, 11) is 8.24. The number of hydrogen-bond donors (Lipinski definition) is 0. The third kappa shape index (κ3) is 3.76. The van der Waals surface area contributed by atoms with E-state index in [0.29, 0.717) is 36.5 Å². The number of carbonyl (C=O) groups is 2. The number of carbonyl (C=O) groups excluding carboxylic acids is 2. The molecule has 0 bridgehead atoms. The van der Waals surface area contributed by atoms with E-state index in [1.54, 1.807) is 26.4 Å². The molecule has 178 valence electrons. The summed E-state index contributed by atoms with van der Waals surface area (Å²) in [4.78, 5) is 30.4. The maximum atomic E-state index is 13.4. The van der Waals surface area contributed by atoms with Crippen LogP contribution >= 0.6 is 0 Å². The van der Waals surface area contributed by atoms with Gasteiger partial charge in [-0.3, -0.25) is 9.69 Å². The molecule has 0 aromatic heterocycles. The highest BCUT2D eigenvalue weighted by Crippen LogP contribution is 2.43. The minimum atomic E-state index is -1.27. The molecule has 0 saturated heterocycles. The number of rotatable bonds is 6. The van der Waals surface area contributed by atoms with Gasteiger partial charge in [0.25, 0.3) is 0 Å². The number of nitrogens with zero attached hydrogens (tertiary/aromatic N) is 2. The van der Waals surface area contributed by atoms with Crippen LogP contribution in [0.25, 0.3) is 5.70 Å². The number of benzene rings is 2. The van der Waals surface area contributed by atoms with E-state index in [1.807, 2.05) is 66.4 Å². The topological polar surface area (TPSA) is 68.3 Å². The van der Waals surface area contributed by atoms with Crippen molar-refractivity contribution < 1.29 is 23.8 Å².